The largest absolute Gasteiger partial charge is 0.473 e. The lowest BCUT2D eigenvalue weighted by atomic mass is 10.1. The lowest BCUT2D eigenvalue weighted by Gasteiger charge is -2.15. The first-order valence-electron chi connectivity index (χ1n) is 12.2. The average molecular weight is 529 g/mol. The number of nitrogens with zero attached hydrogens (tertiary/aromatic N) is 4. The van der Waals surface area contributed by atoms with Gasteiger partial charge >= 0.3 is 6.01 Å². The van der Waals surface area contributed by atoms with Gasteiger partial charge in [-0.05, 0) is 36.6 Å². The highest BCUT2D eigenvalue weighted by molar-refractivity contribution is 9.10. The molecule has 0 aliphatic heterocycles. The van der Waals surface area contributed by atoms with Crippen LogP contribution < -0.4 is 18.9 Å². The number of nitrogens with one attached hydrogen (secondary N) is 2. The minimum atomic E-state index is -4.46. The molecule has 0 aliphatic rings. The SMILES string of the molecule is [2H]c1nc(OCC([2H])([2H])Oc2ncnc(NS(=O)(=O)NC([2H])([2H])CC)c2-c2ccc(Br)cc2)nc([2H])c1C. The number of aromatic nitrogens is 4. The Kier molecular flexibility index (Phi) is 5.84. The molecule has 2 heterocycles. The Morgan fingerprint density at radius 3 is 2.53 bits per heavy atom. The summed E-state index contributed by atoms with van der Waals surface area (Å²) in [7, 11) is -4.46. The Bertz CT molecular complexity index is 1390. The Morgan fingerprint density at radius 2 is 1.84 bits per heavy atom. The highest BCUT2D eigenvalue weighted by atomic mass is 79.9. The van der Waals surface area contributed by atoms with Gasteiger partial charge in [-0.1, -0.05) is 35.0 Å². The van der Waals surface area contributed by atoms with E-state index in [1.807, 2.05) is 4.72 Å². The van der Waals surface area contributed by atoms with E-state index in [2.05, 4.69) is 40.6 Å². The normalized spacial score (nSPS) is 14.8. The van der Waals surface area contributed by atoms with Crippen LogP contribution in [0.15, 0.2) is 47.4 Å². The molecule has 0 radical (unpaired) electrons. The van der Waals surface area contributed by atoms with Gasteiger partial charge in [0.05, 0.1) is 11.0 Å². The number of hydrogen-bond donors (Lipinski definition) is 2. The van der Waals surface area contributed by atoms with Crippen LogP contribution >= 0.6 is 15.9 Å². The van der Waals surface area contributed by atoms with E-state index in [1.165, 1.54) is 13.8 Å². The summed E-state index contributed by atoms with van der Waals surface area (Å²) in [5.74, 6) is -0.646. The third-order valence-electron chi connectivity index (χ3n) is 3.63. The zero-order valence-electron chi connectivity index (χ0n) is 23.0. The van der Waals surface area contributed by atoms with Crippen LogP contribution in [0.25, 0.3) is 11.1 Å². The molecule has 2 N–H and O–H groups in total. The highest BCUT2D eigenvalue weighted by Gasteiger charge is 2.19. The van der Waals surface area contributed by atoms with Crippen LogP contribution in [0.4, 0.5) is 5.82 Å². The highest BCUT2D eigenvalue weighted by Crippen LogP contribution is 2.34. The van der Waals surface area contributed by atoms with Crippen molar-refractivity contribution < 1.29 is 26.1 Å². The molecule has 3 rings (SSSR count). The van der Waals surface area contributed by atoms with Crippen molar-refractivity contribution in [3.05, 3.63) is 53.0 Å². The summed E-state index contributed by atoms with van der Waals surface area (Å²) < 4.78 is 88.1. The molecule has 0 atom stereocenters. The van der Waals surface area contributed by atoms with Gasteiger partial charge in [-0.3, -0.25) is 4.72 Å². The molecule has 0 fully saturated rings. The third-order valence-corrected chi connectivity index (χ3v) is 5.03. The second-order valence-corrected chi connectivity index (χ2v) is 8.37. The first-order chi connectivity index (χ1) is 17.6. The number of benzene rings is 1. The van der Waals surface area contributed by atoms with Gasteiger partial charge in [0.2, 0.25) is 5.88 Å². The molecule has 12 heteroatoms. The molecule has 0 bridgehead atoms. The van der Waals surface area contributed by atoms with Gasteiger partial charge < -0.3 is 9.47 Å². The fourth-order valence-electron chi connectivity index (χ4n) is 2.29. The molecular formula is C20H23BrN6O4S. The first-order valence-corrected chi connectivity index (χ1v) is 11.5. The number of hydrogen-bond acceptors (Lipinski definition) is 8. The van der Waals surface area contributed by atoms with Crippen LogP contribution in [0.1, 0.15) is 27.1 Å². The second-order valence-electron chi connectivity index (χ2n) is 6.04. The summed E-state index contributed by atoms with van der Waals surface area (Å²) in [5.41, 5.74) is 0.560. The fraction of sp³-hybridized carbons (Fsp3) is 0.300. The summed E-state index contributed by atoms with van der Waals surface area (Å²) in [4.78, 5) is 15.4. The van der Waals surface area contributed by atoms with Crippen molar-refractivity contribution in [2.24, 2.45) is 0 Å². The van der Waals surface area contributed by atoms with Crippen molar-refractivity contribution in [2.45, 2.75) is 20.3 Å². The van der Waals surface area contributed by atoms with Crippen LogP contribution in [-0.4, -0.2) is 48.0 Å². The minimum Gasteiger partial charge on any atom is -0.473 e. The topological polar surface area (TPSA) is 128 Å². The average Bonchev–Trinajstić information content (AvgIpc) is 2.81. The maximum atomic E-state index is 12.6. The third kappa shape index (κ3) is 6.84. The van der Waals surface area contributed by atoms with E-state index in [0.717, 1.165) is 6.33 Å². The first kappa shape index (κ1) is 16.8. The van der Waals surface area contributed by atoms with E-state index in [4.69, 9.17) is 17.7 Å². The van der Waals surface area contributed by atoms with E-state index < -0.39 is 35.9 Å². The molecule has 1 aromatic carbocycles. The molecule has 2 aromatic heterocycles. The van der Waals surface area contributed by atoms with Crippen molar-refractivity contribution in [3.63, 3.8) is 0 Å². The lowest BCUT2D eigenvalue weighted by molar-refractivity contribution is 0.202. The molecule has 32 heavy (non-hydrogen) atoms. The van der Waals surface area contributed by atoms with Gasteiger partial charge in [-0.25, -0.2) is 19.9 Å². The van der Waals surface area contributed by atoms with Crippen molar-refractivity contribution in [1.29, 1.82) is 0 Å². The molecule has 0 amide bonds. The zero-order valence-corrected chi connectivity index (χ0v) is 19.4. The van der Waals surface area contributed by atoms with Crippen LogP contribution in [0, 0.1) is 6.92 Å². The van der Waals surface area contributed by atoms with Crippen molar-refractivity contribution >= 4 is 32.0 Å². The van der Waals surface area contributed by atoms with Crippen molar-refractivity contribution in [2.75, 3.05) is 24.4 Å². The monoisotopic (exact) mass is 528 g/mol. The Balaban J connectivity index is 1.95. The molecule has 0 unspecified atom stereocenters. The van der Waals surface area contributed by atoms with Gasteiger partial charge in [-0.15, -0.1) is 0 Å². The number of anilines is 1. The number of rotatable bonds is 11. The van der Waals surface area contributed by atoms with Crippen molar-refractivity contribution in [3.8, 4) is 23.0 Å². The predicted molar refractivity (Wildman–Crippen MR) is 124 cm³/mol. The summed E-state index contributed by atoms with van der Waals surface area (Å²) in [5, 5.41) is 0. The van der Waals surface area contributed by atoms with E-state index in [9.17, 15) is 8.42 Å². The summed E-state index contributed by atoms with van der Waals surface area (Å²) in [6, 6.07) is 6.09. The second kappa shape index (κ2) is 11.2. The van der Waals surface area contributed by atoms with E-state index in [1.54, 1.807) is 24.3 Å². The van der Waals surface area contributed by atoms with Crippen LogP contribution in [0.2, 0.25) is 0 Å². The van der Waals surface area contributed by atoms with Crippen molar-refractivity contribution in [1.82, 2.24) is 24.7 Å². The van der Waals surface area contributed by atoms with Gasteiger partial charge in [0.1, 0.15) is 19.5 Å². The van der Waals surface area contributed by atoms with Gasteiger partial charge in [-0.2, -0.15) is 13.1 Å². The summed E-state index contributed by atoms with van der Waals surface area (Å²) in [6.07, 6.45) is 0.323. The number of ether oxygens (including phenoxy) is 2. The molecule has 0 aliphatic carbocycles. The number of halogens is 1. The molecule has 0 saturated heterocycles. The Hall–Kier alpha value is -2.83. The predicted octanol–water partition coefficient (Wildman–Crippen LogP) is 3.12. The maximum Gasteiger partial charge on any atom is 0.316 e. The quantitative estimate of drug-likeness (QED) is 0.388. The molecule has 3 aromatic rings. The van der Waals surface area contributed by atoms with E-state index >= 15 is 0 Å². The maximum absolute atomic E-state index is 12.6. The van der Waals surface area contributed by atoms with Gasteiger partial charge in [0.15, 0.2) is 5.82 Å². The molecular weight excluding hydrogens is 500 g/mol. The minimum absolute atomic E-state index is 0.0280. The molecule has 0 spiro atoms. The van der Waals surface area contributed by atoms with Gasteiger partial charge in [0, 0.05) is 26.1 Å². The van der Waals surface area contributed by atoms with Crippen LogP contribution in [0.3, 0.4) is 0 Å². The standard InChI is InChI=1S/C20H23BrN6O4S/c1-3-8-26-32(28,29)27-18-17(15-4-6-16(21)7-5-15)19(25-13-24-18)30-9-10-31-20-22-11-14(2)12-23-20/h4-7,11-13,26H,3,8-10H2,1-2H3,(H,24,25,27)/i8D2,9D2,11D,12D. The van der Waals surface area contributed by atoms with Crippen LogP contribution in [-0.2, 0) is 10.2 Å². The smallest absolute Gasteiger partial charge is 0.316 e. The summed E-state index contributed by atoms with van der Waals surface area (Å²) in [6.45, 7) is -2.61. The fourth-order valence-corrected chi connectivity index (χ4v) is 3.35. The molecule has 170 valence electrons. The Labute approximate surface area is 203 Å². The van der Waals surface area contributed by atoms with Crippen LogP contribution in [0.5, 0.6) is 11.9 Å². The van der Waals surface area contributed by atoms with E-state index in [-0.39, 0.29) is 41.6 Å². The summed E-state index contributed by atoms with van der Waals surface area (Å²) >= 11 is 3.31. The zero-order chi connectivity index (χ0) is 28.3. The lowest BCUT2D eigenvalue weighted by Crippen LogP contribution is -2.31. The molecule has 0 saturated carbocycles. The molecule has 10 nitrogen and oxygen atoms in total. The van der Waals surface area contributed by atoms with Gasteiger partial charge in [0.25, 0.3) is 10.2 Å². The Morgan fingerprint density at radius 1 is 1.12 bits per heavy atom. The van der Waals surface area contributed by atoms with E-state index in [0.29, 0.717) is 10.0 Å².